The molecule has 4 nitrogen and oxygen atoms in total. The van der Waals surface area contributed by atoms with Crippen LogP contribution in [0.15, 0.2) is 18.3 Å². The summed E-state index contributed by atoms with van der Waals surface area (Å²) in [5, 5.41) is 12.4. The van der Waals surface area contributed by atoms with E-state index >= 15 is 0 Å². The molecule has 0 amide bonds. The van der Waals surface area contributed by atoms with Gasteiger partial charge in [0.25, 0.3) is 0 Å². The molecule has 1 heterocycles. The summed E-state index contributed by atoms with van der Waals surface area (Å²) in [5.41, 5.74) is 1.36. The second kappa shape index (κ2) is 5.81. The Morgan fingerprint density at radius 2 is 1.90 bits per heavy atom. The van der Waals surface area contributed by atoms with Gasteiger partial charge in [0, 0.05) is 12.2 Å². The number of aliphatic carboxylic acids is 1. The summed E-state index contributed by atoms with van der Waals surface area (Å²) in [4.78, 5) is 15.4. The van der Waals surface area contributed by atoms with Crippen molar-refractivity contribution in [2.75, 3.05) is 5.32 Å². The number of aromatic nitrogens is 1. The Hall–Kier alpha value is -1.58. The number of rotatable bonds is 4. The first-order valence-corrected chi connectivity index (χ1v) is 7.67. The number of hydrogen-bond donors (Lipinski definition) is 2. The number of pyridine rings is 1. The summed E-state index contributed by atoms with van der Waals surface area (Å²) in [6.07, 6.45) is 9.32. The minimum atomic E-state index is -0.647. The van der Waals surface area contributed by atoms with Crippen LogP contribution in [0.4, 0.5) is 5.82 Å². The third-order valence-corrected chi connectivity index (χ3v) is 4.79. The SMILES string of the molecule is O=C(O)C1CCC(Nc2ccc(C3CCC3)cn2)CC1. The maximum atomic E-state index is 10.9. The lowest BCUT2D eigenvalue weighted by molar-refractivity contribution is -0.142. The molecule has 2 saturated carbocycles. The van der Waals surface area contributed by atoms with Crippen LogP contribution in [0.25, 0.3) is 0 Å². The van der Waals surface area contributed by atoms with Crippen LogP contribution in [-0.2, 0) is 4.79 Å². The molecule has 0 aromatic carbocycles. The van der Waals surface area contributed by atoms with Gasteiger partial charge in [-0.05, 0) is 56.1 Å². The number of hydrogen-bond acceptors (Lipinski definition) is 3. The highest BCUT2D eigenvalue weighted by Gasteiger charge is 2.26. The first-order chi connectivity index (χ1) is 9.72. The summed E-state index contributed by atoms with van der Waals surface area (Å²) >= 11 is 0. The van der Waals surface area contributed by atoms with Crippen molar-refractivity contribution in [1.29, 1.82) is 0 Å². The van der Waals surface area contributed by atoms with Crippen LogP contribution in [0.2, 0.25) is 0 Å². The van der Waals surface area contributed by atoms with Crippen molar-refractivity contribution in [3.63, 3.8) is 0 Å². The standard InChI is InChI=1S/C16H22N2O2/c19-16(20)12-4-7-14(8-5-12)18-15-9-6-13(10-17-15)11-2-1-3-11/h6,9-12,14H,1-5,7-8H2,(H,17,18)(H,19,20). The zero-order chi connectivity index (χ0) is 13.9. The smallest absolute Gasteiger partial charge is 0.306 e. The Morgan fingerprint density at radius 3 is 2.40 bits per heavy atom. The average molecular weight is 274 g/mol. The van der Waals surface area contributed by atoms with Gasteiger partial charge in [0.2, 0.25) is 0 Å². The Kier molecular flexibility index (Phi) is 3.90. The van der Waals surface area contributed by atoms with Crippen molar-refractivity contribution in [3.05, 3.63) is 23.9 Å². The fraction of sp³-hybridized carbons (Fsp3) is 0.625. The van der Waals surface area contributed by atoms with E-state index < -0.39 is 5.97 Å². The van der Waals surface area contributed by atoms with Gasteiger partial charge in [0.1, 0.15) is 5.82 Å². The largest absolute Gasteiger partial charge is 0.481 e. The summed E-state index contributed by atoms with van der Waals surface area (Å²) in [6, 6.07) is 4.62. The summed E-state index contributed by atoms with van der Waals surface area (Å²) in [7, 11) is 0. The summed E-state index contributed by atoms with van der Waals surface area (Å²) in [6.45, 7) is 0. The number of carbonyl (C=O) groups is 1. The fourth-order valence-electron chi connectivity index (χ4n) is 3.17. The third-order valence-electron chi connectivity index (χ3n) is 4.79. The van der Waals surface area contributed by atoms with Gasteiger partial charge in [-0.1, -0.05) is 12.5 Å². The predicted molar refractivity (Wildman–Crippen MR) is 77.8 cm³/mol. The highest BCUT2D eigenvalue weighted by atomic mass is 16.4. The van der Waals surface area contributed by atoms with Gasteiger partial charge in [-0.25, -0.2) is 4.98 Å². The minimum Gasteiger partial charge on any atom is -0.481 e. The molecule has 2 N–H and O–H groups in total. The number of carboxylic acids is 1. The Bertz CT molecular complexity index is 460. The molecule has 108 valence electrons. The second-order valence-corrected chi connectivity index (χ2v) is 6.14. The van der Waals surface area contributed by atoms with Gasteiger partial charge < -0.3 is 10.4 Å². The normalized spacial score (nSPS) is 26.8. The minimum absolute atomic E-state index is 0.151. The van der Waals surface area contributed by atoms with Crippen LogP contribution in [-0.4, -0.2) is 22.1 Å². The lowest BCUT2D eigenvalue weighted by atomic mass is 9.81. The lowest BCUT2D eigenvalue weighted by Gasteiger charge is -2.28. The van der Waals surface area contributed by atoms with Crippen molar-refractivity contribution in [3.8, 4) is 0 Å². The van der Waals surface area contributed by atoms with Gasteiger partial charge in [0.15, 0.2) is 0 Å². The molecule has 2 fully saturated rings. The van der Waals surface area contributed by atoms with E-state index in [1.54, 1.807) is 0 Å². The maximum Gasteiger partial charge on any atom is 0.306 e. The zero-order valence-corrected chi connectivity index (χ0v) is 11.7. The molecule has 4 heteroatoms. The Morgan fingerprint density at radius 1 is 1.15 bits per heavy atom. The van der Waals surface area contributed by atoms with E-state index in [1.807, 2.05) is 6.20 Å². The number of anilines is 1. The van der Waals surface area contributed by atoms with Crippen LogP contribution >= 0.6 is 0 Å². The number of carboxylic acid groups (broad SMARTS) is 1. The monoisotopic (exact) mass is 274 g/mol. The van der Waals surface area contributed by atoms with Crippen LogP contribution in [0, 0.1) is 5.92 Å². The molecule has 1 aromatic rings. The fourth-order valence-corrected chi connectivity index (χ4v) is 3.17. The number of nitrogens with one attached hydrogen (secondary N) is 1. The van der Waals surface area contributed by atoms with Crippen molar-refractivity contribution < 1.29 is 9.90 Å². The molecular weight excluding hydrogens is 252 g/mol. The maximum absolute atomic E-state index is 10.9. The molecule has 0 spiro atoms. The lowest BCUT2D eigenvalue weighted by Crippen LogP contribution is -2.29. The van der Waals surface area contributed by atoms with Gasteiger partial charge >= 0.3 is 5.97 Å². The van der Waals surface area contributed by atoms with Gasteiger partial charge in [0.05, 0.1) is 5.92 Å². The molecule has 2 aliphatic carbocycles. The molecule has 3 rings (SSSR count). The molecule has 0 saturated heterocycles. The second-order valence-electron chi connectivity index (χ2n) is 6.14. The van der Waals surface area contributed by atoms with E-state index in [0.717, 1.165) is 37.4 Å². The molecule has 0 bridgehead atoms. The van der Waals surface area contributed by atoms with E-state index in [2.05, 4.69) is 22.4 Å². The van der Waals surface area contributed by atoms with E-state index in [1.165, 1.54) is 24.8 Å². The highest BCUT2D eigenvalue weighted by molar-refractivity contribution is 5.70. The van der Waals surface area contributed by atoms with E-state index in [-0.39, 0.29) is 5.92 Å². The molecule has 20 heavy (non-hydrogen) atoms. The molecule has 0 aliphatic heterocycles. The highest BCUT2D eigenvalue weighted by Crippen LogP contribution is 2.36. The number of nitrogens with zero attached hydrogens (tertiary/aromatic N) is 1. The average Bonchev–Trinajstić information content (AvgIpc) is 2.39. The first-order valence-electron chi connectivity index (χ1n) is 7.67. The molecule has 1 aromatic heterocycles. The van der Waals surface area contributed by atoms with Crippen molar-refractivity contribution >= 4 is 11.8 Å². The molecular formula is C16H22N2O2. The van der Waals surface area contributed by atoms with E-state index in [0.29, 0.717) is 6.04 Å². The van der Waals surface area contributed by atoms with E-state index in [4.69, 9.17) is 5.11 Å². The Labute approximate surface area is 119 Å². The Balaban J connectivity index is 1.52. The molecule has 0 unspecified atom stereocenters. The molecule has 0 radical (unpaired) electrons. The third kappa shape index (κ3) is 2.94. The zero-order valence-electron chi connectivity index (χ0n) is 11.7. The topological polar surface area (TPSA) is 62.2 Å². The molecule has 0 atom stereocenters. The van der Waals surface area contributed by atoms with Crippen LogP contribution in [0.3, 0.4) is 0 Å². The van der Waals surface area contributed by atoms with Crippen LogP contribution < -0.4 is 5.32 Å². The molecule has 2 aliphatic rings. The van der Waals surface area contributed by atoms with Crippen molar-refractivity contribution in [1.82, 2.24) is 4.98 Å². The van der Waals surface area contributed by atoms with Gasteiger partial charge in [-0.15, -0.1) is 0 Å². The van der Waals surface area contributed by atoms with E-state index in [9.17, 15) is 4.79 Å². The summed E-state index contributed by atoms with van der Waals surface area (Å²) < 4.78 is 0. The summed E-state index contributed by atoms with van der Waals surface area (Å²) in [5.74, 6) is 0.850. The van der Waals surface area contributed by atoms with Crippen LogP contribution in [0.5, 0.6) is 0 Å². The van der Waals surface area contributed by atoms with Gasteiger partial charge in [-0.3, -0.25) is 4.79 Å². The predicted octanol–water partition coefficient (Wildman–Crippen LogP) is 3.40. The van der Waals surface area contributed by atoms with Crippen LogP contribution in [0.1, 0.15) is 56.4 Å². The quantitative estimate of drug-likeness (QED) is 0.883. The van der Waals surface area contributed by atoms with Crippen molar-refractivity contribution in [2.24, 2.45) is 5.92 Å². The van der Waals surface area contributed by atoms with Gasteiger partial charge in [-0.2, -0.15) is 0 Å². The van der Waals surface area contributed by atoms with Crippen molar-refractivity contribution in [2.45, 2.75) is 56.9 Å². The first kappa shape index (κ1) is 13.4.